The zero-order chi connectivity index (χ0) is 9.14. The molecule has 0 N–H and O–H groups in total. The number of hydrogen-bond donors (Lipinski definition) is 0. The van der Waals surface area contributed by atoms with E-state index in [1.807, 2.05) is 0 Å². The molecule has 0 bridgehead atoms. The van der Waals surface area contributed by atoms with E-state index in [4.69, 9.17) is 0 Å². The summed E-state index contributed by atoms with van der Waals surface area (Å²) in [6.45, 7) is 4.62. The van der Waals surface area contributed by atoms with E-state index in [1.54, 1.807) is 0 Å². The summed E-state index contributed by atoms with van der Waals surface area (Å²) in [5.74, 6) is 2.68. The van der Waals surface area contributed by atoms with Gasteiger partial charge in [0, 0.05) is 0 Å². The van der Waals surface area contributed by atoms with Gasteiger partial charge in [-0.1, -0.05) is 19.9 Å². The maximum Gasteiger partial charge on any atom is 0.0567 e. The molecule has 0 radical (unpaired) electrons. The van der Waals surface area contributed by atoms with Crippen LogP contribution in [0, 0.1) is 17.8 Å². The molecule has 0 nitrogen and oxygen atoms in total. The first-order valence-corrected chi connectivity index (χ1v) is 6.19. The third-order valence-corrected chi connectivity index (χ3v) is 2.97. The summed E-state index contributed by atoms with van der Waals surface area (Å²) in [5.41, 5.74) is 0. The number of hydrogen-bond acceptors (Lipinski definition) is 0. The second-order valence-electron chi connectivity index (χ2n) is 4.18. The van der Waals surface area contributed by atoms with Crippen LogP contribution in [0.5, 0.6) is 0 Å². The Kier molecular flexibility index (Phi) is 4.31. The molecule has 12 heavy (non-hydrogen) atoms. The van der Waals surface area contributed by atoms with Crippen molar-refractivity contribution in [1.82, 2.24) is 0 Å². The third-order valence-electron chi connectivity index (χ3n) is 2.44. The largest absolute Gasteiger partial charge is 0.0628 e. The lowest BCUT2D eigenvalue weighted by atomic mass is 9.71. The van der Waals surface area contributed by atoms with Crippen LogP contribution in [-0.2, 0) is 0 Å². The molecule has 0 saturated heterocycles. The molecule has 0 aliphatic heterocycles. The molecule has 1 fully saturated rings. The van der Waals surface area contributed by atoms with Crippen LogP contribution in [0.3, 0.4) is 0 Å². The molecule has 0 spiro atoms. The highest BCUT2D eigenvalue weighted by Gasteiger charge is 2.27. The lowest BCUT2D eigenvalue weighted by Gasteiger charge is -2.34. The van der Waals surface area contributed by atoms with Crippen LogP contribution in [0.25, 0.3) is 0 Å². The molecule has 0 aromatic heterocycles. The Morgan fingerprint density at radius 1 is 1.42 bits per heavy atom. The minimum absolute atomic E-state index is 0.822. The van der Waals surface area contributed by atoms with Gasteiger partial charge in [-0.2, -0.15) is 0 Å². The summed E-state index contributed by atoms with van der Waals surface area (Å²) in [5, 5.41) is 0. The van der Waals surface area contributed by atoms with Crippen LogP contribution in [0.1, 0.15) is 33.1 Å². The molecule has 1 saturated carbocycles. The first-order chi connectivity index (χ1) is 5.58. The average Bonchev–Trinajstić information content (AvgIpc) is 1.80. The lowest BCUT2D eigenvalue weighted by Crippen LogP contribution is -2.23. The summed E-state index contributed by atoms with van der Waals surface area (Å²) in [4.78, 5) is 0. The Balaban J connectivity index is 2.16. The summed E-state index contributed by atoms with van der Waals surface area (Å²) in [6, 6.07) is 0. The Morgan fingerprint density at radius 2 is 2.00 bits per heavy atom. The van der Waals surface area contributed by atoms with E-state index in [0.29, 0.717) is 0 Å². The third kappa shape index (κ3) is 3.61. The van der Waals surface area contributed by atoms with Gasteiger partial charge in [0.15, 0.2) is 0 Å². The fraction of sp³-hybridized carbons (Fsp3) is 0.800. The predicted molar refractivity (Wildman–Crippen MR) is 61.6 cm³/mol. The maximum atomic E-state index is 3.40. The first-order valence-electron chi connectivity index (χ1n) is 4.60. The van der Waals surface area contributed by atoms with Gasteiger partial charge in [0.05, 0.1) is 3.39 Å². The van der Waals surface area contributed by atoms with Crippen LogP contribution in [0.2, 0.25) is 0 Å². The van der Waals surface area contributed by atoms with Gasteiger partial charge < -0.3 is 0 Å². The Labute approximate surface area is 92.1 Å². The SMILES string of the molecule is CC(C)C[C@H]1C[C@@H](C=C(Br)Br)C1. The van der Waals surface area contributed by atoms with Gasteiger partial charge in [-0.25, -0.2) is 0 Å². The molecule has 0 atom stereocenters. The van der Waals surface area contributed by atoms with Crippen molar-refractivity contribution in [3.63, 3.8) is 0 Å². The quantitative estimate of drug-likeness (QED) is 0.708. The van der Waals surface area contributed by atoms with Gasteiger partial charge in [0.2, 0.25) is 0 Å². The summed E-state index contributed by atoms with van der Waals surface area (Å²) in [7, 11) is 0. The van der Waals surface area contributed by atoms with Gasteiger partial charge in [-0.15, -0.1) is 0 Å². The van der Waals surface area contributed by atoms with Gasteiger partial charge in [0.1, 0.15) is 0 Å². The van der Waals surface area contributed by atoms with Crippen LogP contribution in [0.15, 0.2) is 9.47 Å². The van der Waals surface area contributed by atoms with Crippen LogP contribution in [-0.4, -0.2) is 0 Å². The Morgan fingerprint density at radius 3 is 2.42 bits per heavy atom. The van der Waals surface area contributed by atoms with Crippen molar-refractivity contribution in [3.05, 3.63) is 9.47 Å². The van der Waals surface area contributed by atoms with Crippen LogP contribution >= 0.6 is 31.9 Å². The molecule has 70 valence electrons. The number of allylic oxidation sites excluding steroid dienone is 1. The summed E-state index contributed by atoms with van der Waals surface area (Å²) < 4.78 is 1.11. The fourth-order valence-electron chi connectivity index (χ4n) is 1.96. The van der Waals surface area contributed by atoms with Crippen molar-refractivity contribution in [2.24, 2.45) is 17.8 Å². The second-order valence-corrected chi connectivity index (χ2v) is 6.96. The summed E-state index contributed by atoms with van der Waals surface area (Å²) >= 11 is 6.80. The van der Waals surface area contributed by atoms with E-state index in [2.05, 4.69) is 51.8 Å². The number of halogens is 2. The van der Waals surface area contributed by atoms with E-state index in [-0.39, 0.29) is 0 Å². The van der Waals surface area contributed by atoms with E-state index >= 15 is 0 Å². The Bertz CT molecular complexity index is 163. The van der Waals surface area contributed by atoms with Crippen molar-refractivity contribution in [3.8, 4) is 0 Å². The number of rotatable bonds is 3. The van der Waals surface area contributed by atoms with Crippen molar-refractivity contribution in [1.29, 1.82) is 0 Å². The summed E-state index contributed by atoms with van der Waals surface area (Å²) in [6.07, 6.45) is 6.46. The lowest BCUT2D eigenvalue weighted by molar-refractivity contribution is 0.203. The van der Waals surface area contributed by atoms with E-state index in [1.165, 1.54) is 19.3 Å². The van der Waals surface area contributed by atoms with E-state index in [0.717, 1.165) is 21.1 Å². The average molecular weight is 296 g/mol. The molecule has 0 amide bonds. The van der Waals surface area contributed by atoms with Crippen molar-refractivity contribution in [2.75, 3.05) is 0 Å². The van der Waals surface area contributed by atoms with E-state index < -0.39 is 0 Å². The highest BCUT2D eigenvalue weighted by Crippen LogP contribution is 2.40. The van der Waals surface area contributed by atoms with E-state index in [9.17, 15) is 0 Å². The topological polar surface area (TPSA) is 0 Å². The van der Waals surface area contributed by atoms with Crippen molar-refractivity contribution < 1.29 is 0 Å². The second kappa shape index (κ2) is 4.80. The Hall–Kier alpha value is 0.700. The fourth-order valence-corrected chi connectivity index (χ4v) is 2.71. The van der Waals surface area contributed by atoms with Gasteiger partial charge in [-0.3, -0.25) is 0 Å². The normalized spacial score (nSPS) is 28.4. The zero-order valence-electron chi connectivity index (χ0n) is 7.69. The van der Waals surface area contributed by atoms with Crippen LogP contribution < -0.4 is 0 Å². The minimum atomic E-state index is 0.822. The highest BCUT2D eigenvalue weighted by atomic mass is 79.9. The molecule has 0 unspecified atom stereocenters. The molecule has 0 aromatic rings. The molecule has 2 heteroatoms. The molecule has 0 heterocycles. The van der Waals surface area contributed by atoms with Gasteiger partial charge >= 0.3 is 0 Å². The molecular weight excluding hydrogens is 280 g/mol. The van der Waals surface area contributed by atoms with Crippen molar-refractivity contribution >= 4 is 31.9 Å². The standard InChI is InChI=1S/C10H16Br2/c1-7(2)3-8-4-9(5-8)6-10(11)12/h6-9H,3-5H2,1-2H3/t8-,9+. The van der Waals surface area contributed by atoms with Gasteiger partial charge in [-0.05, 0) is 68.9 Å². The molecule has 1 aliphatic rings. The molecular formula is C10H16Br2. The highest BCUT2D eigenvalue weighted by molar-refractivity contribution is 9.28. The first kappa shape index (κ1) is 10.8. The molecule has 1 aliphatic carbocycles. The van der Waals surface area contributed by atoms with Gasteiger partial charge in [0.25, 0.3) is 0 Å². The monoisotopic (exact) mass is 294 g/mol. The zero-order valence-corrected chi connectivity index (χ0v) is 10.9. The minimum Gasteiger partial charge on any atom is -0.0628 e. The smallest absolute Gasteiger partial charge is 0.0567 e. The molecule has 1 rings (SSSR count). The van der Waals surface area contributed by atoms with Crippen molar-refractivity contribution in [2.45, 2.75) is 33.1 Å². The maximum absolute atomic E-state index is 3.40. The molecule has 0 aromatic carbocycles. The predicted octanol–water partition coefficient (Wildman–Crippen LogP) is 4.69. The van der Waals surface area contributed by atoms with Crippen LogP contribution in [0.4, 0.5) is 0 Å².